The molecule has 1 fully saturated rings. The summed E-state index contributed by atoms with van der Waals surface area (Å²) in [5.74, 6) is -0.255. The molecule has 3 rings (SSSR count). The second-order valence-electron chi connectivity index (χ2n) is 7.59. The molecule has 1 aliphatic heterocycles. The van der Waals surface area contributed by atoms with Crippen molar-refractivity contribution in [2.45, 2.75) is 37.8 Å². The van der Waals surface area contributed by atoms with E-state index in [-0.39, 0.29) is 25.1 Å². The van der Waals surface area contributed by atoms with E-state index >= 15 is 0 Å². The van der Waals surface area contributed by atoms with Crippen molar-refractivity contribution < 1.29 is 23.1 Å². The fraction of sp³-hybridized carbons (Fsp3) is 0.409. The molecule has 0 bridgehead atoms. The second kappa shape index (κ2) is 10.1. The monoisotopic (exact) mass is 432 g/mol. The van der Waals surface area contributed by atoms with Crippen LogP contribution < -0.4 is 14.8 Å². The summed E-state index contributed by atoms with van der Waals surface area (Å²) in [7, 11) is -3.27. The molecule has 0 saturated carbocycles. The molecule has 1 aliphatic rings. The third-order valence-electron chi connectivity index (χ3n) is 5.10. The first-order valence-electron chi connectivity index (χ1n) is 10.1. The SMILES string of the molecule is CS(=O)(=O)NC1CCCNC1Cc1cccc(-c2ccccc2OCCC(=O)O)c1. The van der Waals surface area contributed by atoms with Crippen LogP contribution >= 0.6 is 0 Å². The molecular weight excluding hydrogens is 404 g/mol. The van der Waals surface area contributed by atoms with Crippen LogP contribution in [0, 0.1) is 0 Å². The fourth-order valence-electron chi connectivity index (χ4n) is 3.78. The third-order valence-corrected chi connectivity index (χ3v) is 5.83. The maximum absolute atomic E-state index is 11.7. The molecule has 0 aliphatic carbocycles. The van der Waals surface area contributed by atoms with Gasteiger partial charge in [-0.25, -0.2) is 13.1 Å². The van der Waals surface area contributed by atoms with Crippen LogP contribution in [0.3, 0.4) is 0 Å². The van der Waals surface area contributed by atoms with Crippen molar-refractivity contribution in [1.82, 2.24) is 10.0 Å². The number of carbonyl (C=O) groups is 1. The first-order valence-corrected chi connectivity index (χ1v) is 11.9. The van der Waals surface area contributed by atoms with E-state index in [1.54, 1.807) is 0 Å². The Morgan fingerprint density at radius 2 is 2.03 bits per heavy atom. The highest BCUT2D eigenvalue weighted by Gasteiger charge is 2.27. The van der Waals surface area contributed by atoms with Gasteiger partial charge in [-0.2, -0.15) is 0 Å². The number of nitrogens with one attached hydrogen (secondary N) is 2. The summed E-state index contributed by atoms with van der Waals surface area (Å²) in [6.07, 6.45) is 3.58. The summed E-state index contributed by atoms with van der Waals surface area (Å²) in [5.41, 5.74) is 2.96. The van der Waals surface area contributed by atoms with Crippen LogP contribution in [0.5, 0.6) is 5.75 Å². The topological polar surface area (TPSA) is 105 Å². The summed E-state index contributed by atoms with van der Waals surface area (Å²) in [6, 6.07) is 15.5. The normalized spacial score (nSPS) is 19.4. The minimum atomic E-state index is -3.27. The average molecular weight is 433 g/mol. The Hall–Kier alpha value is -2.42. The molecule has 2 aromatic rings. The number of aliphatic carboxylic acids is 1. The lowest BCUT2D eigenvalue weighted by atomic mass is 9.92. The maximum Gasteiger partial charge on any atom is 0.306 e. The zero-order chi connectivity index (χ0) is 21.6. The van der Waals surface area contributed by atoms with Gasteiger partial charge in [0.2, 0.25) is 10.0 Å². The first-order chi connectivity index (χ1) is 14.3. The van der Waals surface area contributed by atoms with Gasteiger partial charge in [-0.3, -0.25) is 4.79 Å². The molecule has 2 unspecified atom stereocenters. The smallest absolute Gasteiger partial charge is 0.306 e. The van der Waals surface area contributed by atoms with Crippen LogP contribution in [0.25, 0.3) is 11.1 Å². The molecule has 3 N–H and O–H groups in total. The molecule has 8 heteroatoms. The number of rotatable bonds is 9. The largest absolute Gasteiger partial charge is 0.492 e. The highest BCUT2D eigenvalue weighted by atomic mass is 32.2. The Balaban J connectivity index is 1.77. The van der Waals surface area contributed by atoms with E-state index in [0.29, 0.717) is 12.2 Å². The molecular formula is C22H28N2O5S. The highest BCUT2D eigenvalue weighted by molar-refractivity contribution is 7.88. The number of para-hydroxylation sites is 1. The summed E-state index contributed by atoms with van der Waals surface area (Å²) in [4.78, 5) is 10.8. The highest BCUT2D eigenvalue weighted by Crippen LogP contribution is 2.31. The first kappa shape index (κ1) is 22.3. The number of hydrogen-bond acceptors (Lipinski definition) is 5. The quantitative estimate of drug-likeness (QED) is 0.562. The van der Waals surface area contributed by atoms with Crippen molar-refractivity contribution >= 4 is 16.0 Å². The van der Waals surface area contributed by atoms with E-state index in [2.05, 4.69) is 16.1 Å². The van der Waals surface area contributed by atoms with Crippen molar-refractivity contribution in [2.24, 2.45) is 0 Å². The van der Waals surface area contributed by atoms with Crippen LogP contribution in [0.4, 0.5) is 0 Å². The van der Waals surface area contributed by atoms with Crippen LogP contribution in [-0.2, 0) is 21.2 Å². The van der Waals surface area contributed by atoms with Crippen molar-refractivity contribution in [2.75, 3.05) is 19.4 Å². The van der Waals surface area contributed by atoms with E-state index in [4.69, 9.17) is 9.84 Å². The summed E-state index contributed by atoms with van der Waals surface area (Å²) >= 11 is 0. The lowest BCUT2D eigenvalue weighted by Gasteiger charge is -2.33. The third kappa shape index (κ3) is 6.55. The molecule has 7 nitrogen and oxygen atoms in total. The van der Waals surface area contributed by atoms with Gasteiger partial charge in [-0.05, 0) is 43.0 Å². The molecule has 162 valence electrons. The van der Waals surface area contributed by atoms with Gasteiger partial charge in [0.1, 0.15) is 5.75 Å². The number of hydrogen-bond donors (Lipinski definition) is 3. The molecule has 0 spiro atoms. The summed E-state index contributed by atoms with van der Waals surface area (Å²) in [6.45, 7) is 0.976. The number of benzene rings is 2. The predicted molar refractivity (Wildman–Crippen MR) is 116 cm³/mol. The minimum Gasteiger partial charge on any atom is -0.492 e. The van der Waals surface area contributed by atoms with Crippen LogP contribution in [0.15, 0.2) is 48.5 Å². The van der Waals surface area contributed by atoms with Crippen LogP contribution in [0.1, 0.15) is 24.8 Å². The number of carboxylic acids is 1. The van der Waals surface area contributed by atoms with Gasteiger partial charge in [-0.15, -0.1) is 0 Å². The van der Waals surface area contributed by atoms with Crippen LogP contribution in [0.2, 0.25) is 0 Å². The Bertz CT molecular complexity index is 977. The van der Waals surface area contributed by atoms with Gasteiger partial charge < -0.3 is 15.2 Å². The van der Waals surface area contributed by atoms with Crippen molar-refractivity contribution in [3.63, 3.8) is 0 Å². The second-order valence-corrected chi connectivity index (χ2v) is 9.37. The molecule has 0 radical (unpaired) electrons. The lowest BCUT2D eigenvalue weighted by Crippen LogP contribution is -2.54. The van der Waals surface area contributed by atoms with Gasteiger partial charge in [0, 0.05) is 17.6 Å². The number of carboxylic acid groups (broad SMARTS) is 1. The molecule has 30 heavy (non-hydrogen) atoms. The maximum atomic E-state index is 11.7. The minimum absolute atomic E-state index is 0.0192. The van der Waals surface area contributed by atoms with Gasteiger partial charge in [0.15, 0.2) is 0 Å². The average Bonchev–Trinajstić information content (AvgIpc) is 2.69. The van der Waals surface area contributed by atoms with E-state index in [0.717, 1.165) is 36.1 Å². The predicted octanol–water partition coefficient (Wildman–Crippen LogP) is 2.42. The zero-order valence-corrected chi connectivity index (χ0v) is 17.8. The van der Waals surface area contributed by atoms with Gasteiger partial charge in [0.25, 0.3) is 0 Å². The Labute approximate surface area is 177 Å². The van der Waals surface area contributed by atoms with Crippen molar-refractivity contribution in [3.05, 3.63) is 54.1 Å². The Morgan fingerprint density at radius 1 is 1.23 bits per heavy atom. The van der Waals surface area contributed by atoms with Gasteiger partial charge >= 0.3 is 5.97 Å². The van der Waals surface area contributed by atoms with Gasteiger partial charge in [0.05, 0.1) is 19.3 Å². The number of sulfonamides is 1. The standard InChI is InChI=1S/C22H28N2O5S/c1-30(27,28)24-19-9-5-12-23-20(19)15-16-6-4-7-17(14-16)18-8-2-3-10-21(18)29-13-11-22(25)26/h2-4,6-8,10,14,19-20,23-24H,5,9,11-13,15H2,1H3,(H,25,26). The lowest BCUT2D eigenvalue weighted by molar-refractivity contribution is -0.137. The van der Waals surface area contributed by atoms with E-state index < -0.39 is 16.0 Å². The van der Waals surface area contributed by atoms with Crippen molar-refractivity contribution in [1.29, 1.82) is 0 Å². The van der Waals surface area contributed by atoms with Crippen LogP contribution in [-0.4, -0.2) is 51.0 Å². The molecule has 0 amide bonds. The fourth-order valence-corrected chi connectivity index (χ4v) is 4.61. The summed E-state index contributed by atoms with van der Waals surface area (Å²) < 4.78 is 31.9. The van der Waals surface area contributed by atoms with Gasteiger partial charge in [-0.1, -0.05) is 42.5 Å². The molecule has 2 atom stereocenters. The molecule has 0 aromatic heterocycles. The Kier molecular flexibility index (Phi) is 7.47. The molecule has 2 aromatic carbocycles. The van der Waals surface area contributed by atoms with E-state index in [1.165, 1.54) is 6.26 Å². The number of ether oxygens (including phenoxy) is 1. The number of piperidine rings is 1. The Morgan fingerprint density at radius 3 is 2.80 bits per heavy atom. The molecule has 1 heterocycles. The molecule has 1 saturated heterocycles. The van der Waals surface area contributed by atoms with Crippen molar-refractivity contribution in [3.8, 4) is 16.9 Å². The zero-order valence-electron chi connectivity index (χ0n) is 17.0. The van der Waals surface area contributed by atoms with E-state index in [1.807, 2.05) is 42.5 Å². The summed E-state index contributed by atoms with van der Waals surface area (Å²) in [5, 5.41) is 12.3. The van der Waals surface area contributed by atoms with E-state index in [9.17, 15) is 13.2 Å².